The second-order valence-electron chi connectivity index (χ2n) is 2.58. The van der Waals surface area contributed by atoms with Crippen LogP contribution in [0.4, 0.5) is 0 Å². The van der Waals surface area contributed by atoms with Gasteiger partial charge in [0.1, 0.15) is 0 Å². The van der Waals surface area contributed by atoms with Crippen molar-refractivity contribution in [3.05, 3.63) is 28.3 Å². The van der Waals surface area contributed by atoms with Gasteiger partial charge in [-0.3, -0.25) is 0 Å². The Hall–Kier alpha value is -0.615. The van der Waals surface area contributed by atoms with E-state index in [-0.39, 0.29) is 0 Å². The van der Waals surface area contributed by atoms with Crippen LogP contribution in [0.15, 0.2) is 28.3 Å². The molecule has 0 fully saturated rings. The topological polar surface area (TPSA) is 40.5 Å². The van der Waals surface area contributed by atoms with Crippen LogP contribution in [0.25, 0.3) is 11.1 Å². The molecule has 0 saturated heterocycles. The van der Waals surface area contributed by atoms with E-state index in [2.05, 4.69) is 0 Å². The third-order valence-corrected chi connectivity index (χ3v) is 3.40. The summed E-state index contributed by atoms with van der Waals surface area (Å²) in [7, 11) is -1.37. The Morgan fingerprint density at radius 2 is 2.00 bits per heavy atom. The average Bonchev–Trinajstić information content (AvgIpc) is 2.74. The van der Waals surface area contributed by atoms with Crippen molar-refractivity contribution in [1.82, 2.24) is 0 Å². The Labute approximate surface area is 84.3 Å². The van der Waals surface area contributed by atoms with Gasteiger partial charge in [-0.2, -0.15) is 22.7 Å². The molecule has 0 aliphatic heterocycles. The zero-order valence-electron chi connectivity index (χ0n) is 6.68. The number of thiophene rings is 2. The number of rotatable bonds is 2. The highest BCUT2D eigenvalue weighted by Gasteiger charge is 2.18. The van der Waals surface area contributed by atoms with Crippen LogP contribution in [0.3, 0.4) is 0 Å². The molecule has 0 saturated carbocycles. The van der Waals surface area contributed by atoms with E-state index in [0.29, 0.717) is 4.78 Å². The maximum atomic E-state index is 9.06. The molecule has 2 heterocycles. The molecule has 5 heteroatoms. The zero-order chi connectivity index (χ0) is 9.26. The molecule has 2 N–H and O–H groups in total. The van der Waals surface area contributed by atoms with Gasteiger partial charge in [-0.25, -0.2) is 0 Å². The van der Waals surface area contributed by atoms with Crippen LogP contribution in [-0.4, -0.2) is 17.2 Å². The van der Waals surface area contributed by atoms with Crippen molar-refractivity contribution in [1.29, 1.82) is 0 Å². The van der Waals surface area contributed by atoms with Crippen molar-refractivity contribution in [2.45, 2.75) is 0 Å². The van der Waals surface area contributed by atoms with Crippen LogP contribution in [0.5, 0.6) is 0 Å². The smallest absolute Gasteiger partial charge is 0.423 e. The van der Waals surface area contributed by atoms with Gasteiger partial charge in [-0.1, -0.05) is 0 Å². The third kappa shape index (κ3) is 1.69. The highest BCUT2D eigenvalue weighted by atomic mass is 32.1. The first kappa shape index (κ1) is 8.96. The molecule has 2 rings (SSSR count). The summed E-state index contributed by atoms with van der Waals surface area (Å²) in [6.07, 6.45) is 0. The lowest BCUT2D eigenvalue weighted by molar-refractivity contribution is 0.427. The van der Waals surface area contributed by atoms with Crippen LogP contribution >= 0.6 is 22.7 Å². The predicted octanol–water partition coefficient (Wildman–Crippen LogP) is 1.16. The lowest BCUT2D eigenvalue weighted by Crippen LogP contribution is -2.28. The summed E-state index contributed by atoms with van der Waals surface area (Å²) in [5.74, 6) is 0. The zero-order valence-corrected chi connectivity index (χ0v) is 8.31. The molecule has 0 amide bonds. The van der Waals surface area contributed by atoms with Crippen LogP contribution < -0.4 is 4.78 Å². The minimum Gasteiger partial charge on any atom is -0.423 e. The maximum absolute atomic E-state index is 9.06. The maximum Gasteiger partial charge on any atom is 0.499 e. The van der Waals surface area contributed by atoms with Crippen molar-refractivity contribution in [2.75, 3.05) is 0 Å². The molecule has 66 valence electrons. The molecule has 2 nitrogen and oxygen atoms in total. The van der Waals surface area contributed by atoms with E-state index in [9.17, 15) is 0 Å². The Balaban J connectivity index is 2.46. The summed E-state index contributed by atoms with van der Waals surface area (Å²) >= 11 is 2.96. The van der Waals surface area contributed by atoms with Crippen molar-refractivity contribution in [3.8, 4) is 11.1 Å². The van der Waals surface area contributed by atoms with Gasteiger partial charge in [0, 0.05) is 4.78 Å². The molecule has 13 heavy (non-hydrogen) atoms. The molecule has 0 bridgehead atoms. The molecule has 0 unspecified atom stereocenters. The van der Waals surface area contributed by atoms with Crippen molar-refractivity contribution in [3.63, 3.8) is 0 Å². The fraction of sp³-hybridized carbons (Fsp3) is 0. The number of hydrogen-bond donors (Lipinski definition) is 2. The quantitative estimate of drug-likeness (QED) is 0.730. The monoisotopic (exact) mass is 210 g/mol. The van der Waals surface area contributed by atoms with E-state index in [1.54, 1.807) is 11.3 Å². The standard InChI is InChI=1S/C8H7BO2S2/c10-9(11)8-7(2-4-13-8)6-1-3-12-5-6/h1-5,10-11H. The van der Waals surface area contributed by atoms with Crippen LogP contribution in [-0.2, 0) is 0 Å². The molecule has 0 spiro atoms. The van der Waals surface area contributed by atoms with Gasteiger partial charge in [0.05, 0.1) is 0 Å². The summed E-state index contributed by atoms with van der Waals surface area (Å²) < 4.78 is 0.610. The minimum atomic E-state index is -1.37. The Bertz CT molecular complexity index is 381. The molecule has 0 aromatic carbocycles. The van der Waals surface area contributed by atoms with E-state index < -0.39 is 7.12 Å². The Morgan fingerprint density at radius 1 is 1.15 bits per heavy atom. The summed E-state index contributed by atoms with van der Waals surface area (Å²) in [6, 6.07) is 3.88. The average molecular weight is 210 g/mol. The SMILES string of the molecule is OB(O)c1sccc1-c1ccsc1. The summed E-state index contributed by atoms with van der Waals surface area (Å²) in [4.78, 5) is 0. The molecule has 2 aromatic heterocycles. The van der Waals surface area contributed by atoms with Crippen LogP contribution in [0.1, 0.15) is 0 Å². The molecule has 0 aliphatic carbocycles. The molecular formula is C8H7BO2S2. The minimum absolute atomic E-state index is 0.610. The first-order valence-corrected chi connectivity index (χ1v) is 5.57. The molecule has 0 aliphatic rings. The van der Waals surface area contributed by atoms with Crippen LogP contribution in [0, 0.1) is 0 Å². The van der Waals surface area contributed by atoms with E-state index in [1.807, 2.05) is 28.3 Å². The third-order valence-electron chi connectivity index (χ3n) is 1.76. The van der Waals surface area contributed by atoms with E-state index in [0.717, 1.165) is 11.1 Å². The molecular weight excluding hydrogens is 203 g/mol. The van der Waals surface area contributed by atoms with E-state index in [4.69, 9.17) is 10.0 Å². The number of hydrogen-bond acceptors (Lipinski definition) is 4. The summed E-state index contributed by atoms with van der Waals surface area (Å²) in [6.45, 7) is 0. The largest absolute Gasteiger partial charge is 0.499 e. The van der Waals surface area contributed by atoms with Gasteiger partial charge >= 0.3 is 7.12 Å². The first-order chi connectivity index (χ1) is 6.29. The van der Waals surface area contributed by atoms with Crippen molar-refractivity contribution >= 4 is 34.6 Å². The summed E-state index contributed by atoms with van der Waals surface area (Å²) in [5, 5.41) is 24.0. The van der Waals surface area contributed by atoms with E-state index in [1.165, 1.54) is 11.3 Å². The van der Waals surface area contributed by atoms with Gasteiger partial charge < -0.3 is 10.0 Å². The summed E-state index contributed by atoms with van der Waals surface area (Å²) in [5.41, 5.74) is 1.97. The van der Waals surface area contributed by atoms with Gasteiger partial charge in [-0.15, -0.1) is 0 Å². The van der Waals surface area contributed by atoms with Gasteiger partial charge in [-0.05, 0) is 39.4 Å². The Kier molecular flexibility index (Phi) is 2.50. The normalized spacial score (nSPS) is 10.3. The van der Waals surface area contributed by atoms with Gasteiger partial charge in [0.2, 0.25) is 0 Å². The van der Waals surface area contributed by atoms with Crippen molar-refractivity contribution in [2.24, 2.45) is 0 Å². The lowest BCUT2D eigenvalue weighted by Gasteiger charge is -1.98. The van der Waals surface area contributed by atoms with Crippen LogP contribution in [0.2, 0.25) is 0 Å². The fourth-order valence-corrected chi connectivity index (χ4v) is 2.62. The second kappa shape index (κ2) is 3.63. The predicted molar refractivity (Wildman–Crippen MR) is 57.5 cm³/mol. The van der Waals surface area contributed by atoms with Gasteiger partial charge in [0.15, 0.2) is 0 Å². The molecule has 0 radical (unpaired) electrons. The first-order valence-electron chi connectivity index (χ1n) is 3.75. The Morgan fingerprint density at radius 3 is 2.62 bits per heavy atom. The second-order valence-corrected chi connectivity index (χ2v) is 4.31. The lowest BCUT2D eigenvalue weighted by atomic mass is 9.85. The molecule has 2 aromatic rings. The van der Waals surface area contributed by atoms with E-state index >= 15 is 0 Å². The fourth-order valence-electron chi connectivity index (χ4n) is 1.18. The highest BCUT2D eigenvalue weighted by molar-refractivity contribution is 7.21. The molecule has 0 atom stereocenters. The highest BCUT2D eigenvalue weighted by Crippen LogP contribution is 2.22. The van der Waals surface area contributed by atoms with Crippen molar-refractivity contribution < 1.29 is 10.0 Å². The van der Waals surface area contributed by atoms with Gasteiger partial charge in [0.25, 0.3) is 0 Å².